The number of nitrogens with zero attached hydrogens (tertiary/aromatic N) is 2. The summed E-state index contributed by atoms with van der Waals surface area (Å²) in [5.74, 6) is -0.610. The van der Waals surface area contributed by atoms with Gasteiger partial charge in [-0.3, -0.25) is 4.79 Å². The number of sulfonamides is 1. The second kappa shape index (κ2) is 8.12. The van der Waals surface area contributed by atoms with E-state index in [0.717, 1.165) is 5.69 Å². The van der Waals surface area contributed by atoms with Crippen LogP contribution in [0.5, 0.6) is 0 Å². The number of piperazine rings is 1. The average molecular weight is 420 g/mol. The van der Waals surface area contributed by atoms with E-state index in [1.165, 1.54) is 28.6 Å². The maximum atomic E-state index is 13.1. The van der Waals surface area contributed by atoms with Crippen molar-refractivity contribution in [1.29, 1.82) is 0 Å². The molecule has 1 saturated heterocycles. The number of carbonyl (C=O) groups excluding carboxylic acids is 1. The zero-order valence-electron chi connectivity index (χ0n) is 16.9. The Bertz CT molecular complexity index is 977. The first-order chi connectivity index (χ1) is 13.6. The minimum absolute atomic E-state index is 0.106. The van der Waals surface area contributed by atoms with Gasteiger partial charge in [0.2, 0.25) is 10.0 Å². The highest BCUT2D eigenvalue weighted by Crippen LogP contribution is 2.22. The van der Waals surface area contributed by atoms with Crippen molar-refractivity contribution in [3.05, 3.63) is 59.9 Å². The molecule has 156 valence electrons. The van der Waals surface area contributed by atoms with Gasteiger partial charge < -0.3 is 10.2 Å². The van der Waals surface area contributed by atoms with Gasteiger partial charge in [-0.15, -0.1) is 0 Å². The van der Waals surface area contributed by atoms with Crippen molar-refractivity contribution in [1.82, 2.24) is 9.62 Å². The molecule has 0 atom stereocenters. The number of rotatable bonds is 4. The summed E-state index contributed by atoms with van der Waals surface area (Å²) in [5.41, 5.74) is 0.762. The summed E-state index contributed by atoms with van der Waals surface area (Å²) in [6.45, 7) is 7.25. The Morgan fingerprint density at radius 1 is 1.00 bits per heavy atom. The molecule has 1 amide bonds. The van der Waals surface area contributed by atoms with Crippen LogP contribution in [0.3, 0.4) is 0 Å². The molecule has 0 spiro atoms. The van der Waals surface area contributed by atoms with Crippen molar-refractivity contribution in [2.24, 2.45) is 0 Å². The lowest BCUT2D eigenvalue weighted by molar-refractivity contribution is 0.0919. The maximum absolute atomic E-state index is 13.1. The molecule has 6 nitrogen and oxygen atoms in total. The summed E-state index contributed by atoms with van der Waals surface area (Å²) >= 11 is 0. The van der Waals surface area contributed by atoms with Crippen molar-refractivity contribution >= 4 is 21.6 Å². The fourth-order valence-corrected chi connectivity index (χ4v) is 4.67. The second-order valence-electron chi connectivity index (χ2n) is 8.10. The molecule has 0 radical (unpaired) electrons. The zero-order chi connectivity index (χ0) is 21.2. The van der Waals surface area contributed by atoms with Crippen LogP contribution in [0.4, 0.5) is 10.1 Å². The number of nitrogens with one attached hydrogen (secondary N) is 1. The molecule has 2 aromatic rings. The molecule has 0 aliphatic carbocycles. The number of benzene rings is 2. The van der Waals surface area contributed by atoms with E-state index in [4.69, 9.17) is 0 Å². The molecule has 1 heterocycles. The summed E-state index contributed by atoms with van der Waals surface area (Å²) in [7, 11) is -3.71. The van der Waals surface area contributed by atoms with Gasteiger partial charge in [-0.1, -0.05) is 6.07 Å². The monoisotopic (exact) mass is 419 g/mol. The van der Waals surface area contributed by atoms with E-state index in [1.807, 2.05) is 25.7 Å². The molecule has 1 aliphatic heterocycles. The Kier molecular flexibility index (Phi) is 5.95. The molecule has 0 bridgehead atoms. The normalized spacial score (nSPS) is 15.9. The third kappa shape index (κ3) is 5.13. The highest BCUT2D eigenvalue weighted by atomic mass is 32.2. The Morgan fingerprint density at radius 3 is 2.21 bits per heavy atom. The van der Waals surface area contributed by atoms with Gasteiger partial charge in [0.05, 0.1) is 4.90 Å². The molecule has 1 N–H and O–H groups in total. The van der Waals surface area contributed by atoms with Crippen molar-refractivity contribution in [3.8, 4) is 0 Å². The van der Waals surface area contributed by atoms with Crippen molar-refractivity contribution in [2.45, 2.75) is 31.2 Å². The molecule has 29 heavy (non-hydrogen) atoms. The summed E-state index contributed by atoms with van der Waals surface area (Å²) in [6.07, 6.45) is 0. The lowest BCUT2D eigenvalue weighted by Crippen LogP contribution is -2.48. The van der Waals surface area contributed by atoms with Crippen molar-refractivity contribution in [3.63, 3.8) is 0 Å². The number of anilines is 1. The van der Waals surface area contributed by atoms with Gasteiger partial charge in [-0.05, 0) is 63.2 Å². The maximum Gasteiger partial charge on any atom is 0.251 e. The molecule has 0 aromatic heterocycles. The van der Waals surface area contributed by atoms with Gasteiger partial charge in [0.1, 0.15) is 5.82 Å². The molecular formula is C21H26FN3O3S. The van der Waals surface area contributed by atoms with E-state index in [1.54, 1.807) is 24.3 Å². The zero-order valence-corrected chi connectivity index (χ0v) is 17.7. The van der Waals surface area contributed by atoms with Crippen LogP contribution in [0.1, 0.15) is 31.1 Å². The number of carbonyl (C=O) groups is 1. The lowest BCUT2D eigenvalue weighted by atomic mass is 10.1. The third-order valence-electron chi connectivity index (χ3n) is 4.65. The molecule has 0 unspecified atom stereocenters. The van der Waals surface area contributed by atoms with Crippen LogP contribution in [-0.2, 0) is 10.0 Å². The minimum atomic E-state index is -3.71. The highest BCUT2D eigenvalue weighted by Gasteiger charge is 2.29. The highest BCUT2D eigenvalue weighted by molar-refractivity contribution is 7.89. The van der Waals surface area contributed by atoms with Crippen LogP contribution < -0.4 is 10.2 Å². The Hall–Kier alpha value is -2.45. The smallest absolute Gasteiger partial charge is 0.251 e. The summed E-state index contributed by atoms with van der Waals surface area (Å²) < 4.78 is 40.7. The van der Waals surface area contributed by atoms with E-state index >= 15 is 0 Å². The fourth-order valence-electron chi connectivity index (χ4n) is 3.20. The SMILES string of the molecule is CC(C)(C)NC(=O)c1cccc(S(=O)(=O)N2CCN(c3ccc(F)cc3)CC2)c1. The Labute approximate surface area is 171 Å². The van der Waals surface area contributed by atoms with E-state index < -0.39 is 15.6 Å². The van der Waals surface area contributed by atoms with Crippen molar-refractivity contribution in [2.75, 3.05) is 31.1 Å². The lowest BCUT2D eigenvalue weighted by Gasteiger charge is -2.35. The molecule has 1 fully saturated rings. The van der Waals surface area contributed by atoms with Crippen LogP contribution in [0.15, 0.2) is 53.4 Å². The number of hydrogen-bond acceptors (Lipinski definition) is 4. The fraction of sp³-hybridized carbons (Fsp3) is 0.381. The molecule has 1 aliphatic rings. The number of hydrogen-bond donors (Lipinski definition) is 1. The summed E-state index contributed by atoms with van der Waals surface area (Å²) in [6, 6.07) is 12.3. The molecular weight excluding hydrogens is 393 g/mol. The van der Waals surface area contributed by atoms with Crippen LogP contribution in [0, 0.1) is 5.82 Å². The van der Waals surface area contributed by atoms with E-state index in [2.05, 4.69) is 5.32 Å². The third-order valence-corrected chi connectivity index (χ3v) is 6.55. The topological polar surface area (TPSA) is 69.7 Å². The second-order valence-corrected chi connectivity index (χ2v) is 10.0. The van der Waals surface area contributed by atoms with Gasteiger partial charge >= 0.3 is 0 Å². The van der Waals surface area contributed by atoms with Crippen LogP contribution in [0.2, 0.25) is 0 Å². The Morgan fingerprint density at radius 2 is 1.62 bits per heavy atom. The number of halogens is 1. The van der Waals surface area contributed by atoms with Crippen LogP contribution >= 0.6 is 0 Å². The van der Waals surface area contributed by atoms with E-state index in [0.29, 0.717) is 31.7 Å². The number of amides is 1. The van der Waals surface area contributed by atoms with Crippen LogP contribution in [0.25, 0.3) is 0 Å². The van der Waals surface area contributed by atoms with E-state index in [9.17, 15) is 17.6 Å². The molecule has 8 heteroatoms. The minimum Gasteiger partial charge on any atom is -0.369 e. The molecule has 3 rings (SSSR count). The van der Waals surface area contributed by atoms with Crippen molar-refractivity contribution < 1.29 is 17.6 Å². The predicted octanol–water partition coefficient (Wildman–Crippen LogP) is 2.86. The standard InChI is InChI=1S/C21H26FN3O3S/c1-21(2,3)23-20(26)16-5-4-6-19(15-16)29(27,28)25-13-11-24(12-14-25)18-9-7-17(22)8-10-18/h4-10,15H,11-14H2,1-3H3,(H,23,26). The van der Waals surface area contributed by atoms with E-state index in [-0.39, 0.29) is 16.6 Å². The Balaban J connectivity index is 1.72. The first-order valence-corrected chi connectivity index (χ1v) is 10.9. The first kappa shape index (κ1) is 21.3. The molecule has 2 aromatic carbocycles. The largest absolute Gasteiger partial charge is 0.369 e. The van der Waals surface area contributed by atoms with Gasteiger partial charge in [-0.25, -0.2) is 12.8 Å². The summed E-state index contributed by atoms with van der Waals surface area (Å²) in [5, 5.41) is 2.84. The predicted molar refractivity (Wildman–Crippen MR) is 111 cm³/mol. The quantitative estimate of drug-likeness (QED) is 0.827. The van der Waals surface area contributed by atoms with Crippen LogP contribution in [-0.4, -0.2) is 50.3 Å². The van der Waals surface area contributed by atoms with Gasteiger partial charge in [-0.2, -0.15) is 4.31 Å². The van der Waals surface area contributed by atoms with Gasteiger partial charge in [0, 0.05) is 43.0 Å². The van der Waals surface area contributed by atoms with Gasteiger partial charge in [0.15, 0.2) is 0 Å². The molecule has 0 saturated carbocycles. The first-order valence-electron chi connectivity index (χ1n) is 9.49. The van der Waals surface area contributed by atoms with Gasteiger partial charge in [0.25, 0.3) is 5.91 Å². The summed E-state index contributed by atoms with van der Waals surface area (Å²) in [4.78, 5) is 14.5. The average Bonchev–Trinajstić information content (AvgIpc) is 2.67.